The minimum absolute atomic E-state index is 0.0445. The van der Waals surface area contributed by atoms with Crippen LogP contribution in [0.2, 0.25) is 0 Å². The summed E-state index contributed by atoms with van der Waals surface area (Å²) >= 11 is 0. The van der Waals surface area contributed by atoms with Gasteiger partial charge in [0.25, 0.3) is 0 Å². The van der Waals surface area contributed by atoms with Gasteiger partial charge in [0, 0.05) is 35.6 Å². The lowest BCUT2D eigenvalue weighted by atomic mass is 10.0. The van der Waals surface area contributed by atoms with E-state index in [0.717, 1.165) is 17.6 Å². The summed E-state index contributed by atoms with van der Waals surface area (Å²) in [4.78, 5) is 23.6. The zero-order valence-electron chi connectivity index (χ0n) is 22.3. The molecule has 1 aromatic heterocycles. The molecule has 0 aliphatic heterocycles. The molecule has 6 nitrogen and oxygen atoms in total. The maximum Gasteiger partial charge on any atom is 0.303 e. The number of carboxylic acid groups (broad SMARTS) is 1. The number of hydrogen-bond acceptors (Lipinski definition) is 3. The molecule has 0 saturated carbocycles. The summed E-state index contributed by atoms with van der Waals surface area (Å²) in [5.41, 5.74) is 3.81. The fraction of sp³-hybridized carbons (Fsp3) is 0.419. The molecule has 2 aromatic carbocycles. The van der Waals surface area contributed by atoms with E-state index < -0.39 is 5.97 Å². The fourth-order valence-corrected chi connectivity index (χ4v) is 4.70. The SMILES string of the molecule is CCCCC(CCC)n1ccc2cc(/C(=C/C(=O)Nc3ccccc3OCCCC(=O)O)CC)ccc21. The van der Waals surface area contributed by atoms with Crippen LogP contribution in [0.5, 0.6) is 5.75 Å². The van der Waals surface area contributed by atoms with E-state index >= 15 is 0 Å². The minimum atomic E-state index is -0.852. The Labute approximate surface area is 220 Å². The number of para-hydroxylation sites is 2. The Morgan fingerprint density at radius 2 is 1.84 bits per heavy atom. The predicted molar refractivity (Wildman–Crippen MR) is 151 cm³/mol. The Kier molecular flexibility index (Phi) is 10.8. The Bertz CT molecular complexity index is 1210. The van der Waals surface area contributed by atoms with E-state index in [1.54, 1.807) is 18.2 Å². The van der Waals surface area contributed by atoms with Gasteiger partial charge in [0.2, 0.25) is 5.91 Å². The monoisotopic (exact) mass is 504 g/mol. The van der Waals surface area contributed by atoms with Gasteiger partial charge in [0.1, 0.15) is 5.75 Å². The lowest BCUT2D eigenvalue weighted by molar-refractivity contribution is -0.137. The largest absolute Gasteiger partial charge is 0.491 e. The van der Waals surface area contributed by atoms with Crippen LogP contribution in [0.1, 0.15) is 83.7 Å². The van der Waals surface area contributed by atoms with Crippen molar-refractivity contribution in [3.63, 3.8) is 0 Å². The molecule has 0 aliphatic carbocycles. The first-order valence-corrected chi connectivity index (χ1v) is 13.5. The zero-order chi connectivity index (χ0) is 26.6. The van der Waals surface area contributed by atoms with Crippen LogP contribution in [0.25, 0.3) is 16.5 Å². The quantitative estimate of drug-likeness (QED) is 0.163. The third kappa shape index (κ3) is 7.97. The number of nitrogens with one attached hydrogen (secondary N) is 1. The molecule has 0 radical (unpaired) electrons. The van der Waals surface area contributed by atoms with Gasteiger partial charge in [-0.3, -0.25) is 9.59 Å². The highest BCUT2D eigenvalue weighted by molar-refractivity contribution is 6.05. The molecule has 3 rings (SSSR count). The first-order chi connectivity index (χ1) is 18.0. The average molecular weight is 505 g/mol. The molecule has 0 bridgehead atoms. The van der Waals surface area contributed by atoms with Gasteiger partial charge in [-0.25, -0.2) is 0 Å². The first kappa shape index (κ1) is 28.0. The summed E-state index contributed by atoms with van der Waals surface area (Å²) in [6.07, 6.45) is 11.0. The molecule has 2 N–H and O–H groups in total. The van der Waals surface area contributed by atoms with E-state index in [0.29, 0.717) is 23.9 Å². The van der Waals surface area contributed by atoms with E-state index in [9.17, 15) is 9.59 Å². The zero-order valence-corrected chi connectivity index (χ0v) is 22.3. The van der Waals surface area contributed by atoms with Crippen molar-refractivity contribution >= 4 is 34.0 Å². The van der Waals surface area contributed by atoms with E-state index in [-0.39, 0.29) is 18.9 Å². The molecular formula is C31H40N2O4. The molecule has 1 atom stereocenters. The number of amides is 1. The number of fused-ring (bicyclic) bond motifs is 1. The highest BCUT2D eigenvalue weighted by atomic mass is 16.5. The average Bonchev–Trinajstić information content (AvgIpc) is 3.31. The second-order valence-electron chi connectivity index (χ2n) is 9.44. The molecule has 0 spiro atoms. The van der Waals surface area contributed by atoms with Crippen LogP contribution in [0.3, 0.4) is 0 Å². The van der Waals surface area contributed by atoms with Gasteiger partial charge in [0.15, 0.2) is 0 Å². The van der Waals surface area contributed by atoms with Gasteiger partial charge in [-0.05, 0) is 67.2 Å². The van der Waals surface area contributed by atoms with Crippen LogP contribution in [-0.2, 0) is 9.59 Å². The van der Waals surface area contributed by atoms with Crippen LogP contribution < -0.4 is 10.1 Å². The van der Waals surface area contributed by atoms with Crippen LogP contribution in [0, 0.1) is 0 Å². The number of carbonyl (C=O) groups is 2. The smallest absolute Gasteiger partial charge is 0.303 e. The second kappa shape index (κ2) is 14.3. The van der Waals surface area contributed by atoms with E-state index in [1.165, 1.54) is 43.0 Å². The molecule has 0 saturated heterocycles. The maximum absolute atomic E-state index is 12.9. The lowest BCUT2D eigenvalue weighted by Crippen LogP contribution is -2.11. The standard InChI is InChI=1S/C31H40N2O4/c1-4-7-12-26(11-5-2)33-19-18-25-21-24(16-17-28(25)33)23(6-3)22-30(34)32-27-13-8-9-14-29(27)37-20-10-15-31(35)36/h8-9,13-14,16-19,21-22,26H,4-7,10-12,15,20H2,1-3H3,(H,32,34)(H,35,36)/b23-22+. The molecule has 1 unspecified atom stereocenters. The molecule has 1 amide bonds. The van der Waals surface area contributed by atoms with Crippen LogP contribution in [-0.4, -0.2) is 28.2 Å². The van der Waals surface area contributed by atoms with Crippen molar-refractivity contribution in [3.05, 3.63) is 66.4 Å². The van der Waals surface area contributed by atoms with Crippen molar-refractivity contribution in [1.29, 1.82) is 0 Å². The minimum Gasteiger partial charge on any atom is -0.491 e. The van der Waals surface area contributed by atoms with Gasteiger partial charge in [0.05, 0.1) is 12.3 Å². The predicted octanol–water partition coefficient (Wildman–Crippen LogP) is 7.85. The molecule has 37 heavy (non-hydrogen) atoms. The summed E-state index contributed by atoms with van der Waals surface area (Å²) in [6, 6.07) is 16.4. The molecule has 6 heteroatoms. The Morgan fingerprint density at radius 1 is 1.03 bits per heavy atom. The summed E-state index contributed by atoms with van der Waals surface area (Å²) < 4.78 is 8.14. The van der Waals surface area contributed by atoms with E-state index in [4.69, 9.17) is 9.84 Å². The number of aliphatic carboxylic acids is 1. The van der Waals surface area contributed by atoms with Gasteiger partial charge < -0.3 is 19.7 Å². The molecule has 198 valence electrons. The third-order valence-electron chi connectivity index (χ3n) is 6.62. The number of anilines is 1. The normalized spacial score (nSPS) is 12.5. The number of carboxylic acids is 1. The number of rotatable bonds is 15. The Balaban J connectivity index is 1.75. The highest BCUT2D eigenvalue weighted by Gasteiger charge is 2.14. The first-order valence-electron chi connectivity index (χ1n) is 13.5. The van der Waals surface area contributed by atoms with Gasteiger partial charge >= 0.3 is 5.97 Å². The number of nitrogens with zero attached hydrogens (tertiary/aromatic N) is 1. The summed E-state index contributed by atoms with van der Waals surface area (Å²) in [7, 11) is 0. The molecular weight excluding hydrogens is 464 g/mol. The number of carbonyl (C=O) groups excluding carboxylic acids is 1. The maximum atomic E-state index is 12.9. The number of unbranched alkanes of at least 4 members (excludes halogenated alkanes) is 1. The fourth-order valence-electron chi connectivity index (χ4n) is 4.70. The number of benzene rings is 2. The molecule has 3 aromatic rings. The number of ether oxygens (including phenoxy) is 1. The van der Waals surface area contributed by atoms with Gasteiger partial charge in [-0.2, -0.15) is 0 Å². The summed E-state index contributed by atoms with van der Waals surface area (Å²) in [6.45, 7) is 6.81. The van der Waals surface area contributed by atoms with Gasteiger partial charge in [-0.1, -0.05) is 58.2 Å². The van der Waals surface area contributed by atoms with E-state index in [2.05, 4.69) is 61.1 Å². The van der Waals surface area contributed by atoms with Crippen molar-refractivity contribution in [2.75, 3.05) is 11.9 Å². The van der Waals surface area contributed by atoms with Gasteiger partial charge in [-0.15, -0.1) is 0 Å². The van der Waals surface area contributed by atoms with Crippen molar-refractivity contribution in [2.24, 2.45) is 0 Å². The summed E-state index contributed by atoms with van der Waals surface area (Å²) in [5.74, 6) is -0.548. The Hall–Kier alpha value is -3.54. The van der Waals surface area contributed by atoms with Crippen molar-refractivity contribution < 1.29 is 19.4 Å². The molecule has 0 aliphatic rings. The number of aromatic nitrogens is 1. The highest BCUT2D eigenvalue weighted by Crippen LogP contribution is 2.30. The molecule has 1 heterocycles. The topological polar surface area (TPSA) is 80.6 Å². The van der Waals surface area contributed by atoms with Crippen LogP contribution >= 0.6 is 0 Å². The van der Waals surface area contributed by atoms with Crippen LogP contribution in [0.15, 0.2) is 60.8 Å². The van der Waals surface area contributed by atoms with Crippen molar-refractivity contribution in [3.8, 4) is 5.75 Å². The number of allylic oxidation sites excluding steroid dienone is 1. The number of hydrogen-bond donors (Lipinski definition) is 2. The van der Waals surface area contributed by atoms with E-state index in [1.807, 2.05) is 12.1 Å². The summed E-state index contributed by atoms with van der Waals surface area (Å²) in [5, 5.41) is 12.9. The lowest BCUT2D eigenvalue weighted by Gasteiger charge is -2.19. The molecule has 0 fully saturated rings. The van der Waals surface area contributed by atoms with Crippen molar-refractivity contribution in [2.45, 2.75) is 78.2 Å². The second-order valence-corrected chi connectivity index (χ2v) is 9.44. The van der Waals surface area contributed by atoms with Crippen molar-refractivity contribution in [1.82, 2.24) is 4.57 Å². The third-order valence-corrected chi connectivity index (χ3v) is 6.62. The van der Waals surface area contributed by atoms with Crippen LogP contribution in [0.4, 0.5) is 5.69 Å². The Morgan fingerprint density at radius 3 is 2.57 bits per heavy atom.